The maximum atomic E-state index is 12.4. The van der Waals surface area contributed by atoms with Crippen LogP contribution in [0, 0.1) is 0 Å². The van der Waals surface area contributed by atoms with E-state index >= 15 is 0 Å². The Balaban J connectivity index is 2.03. The summed E-state index contributed by atoms with van der Waals surface area (Å²) in [6.45, 7) is -0.558. The van der Waals surface area contributed by atoms with Crippen molar-refractivity contribution in [1.82, 2.24) is 10.2 Å². The van der Waals surface area contributed by atoms with Gasteiger partial charge in [-0.25, -0.2) is 4.79 Å². The van der Waals surface area contributed by atoms with E-state index in [9.17, 15) is 22.8 Å². The van der Waals surface area contributed by atoms with Gasteiger partial charge in [-0.2, -0.15) is 13.2 Å². The van der Waals surface area contributed by atoms with E-state index in [1.807, 2.05) is 0 Å². The van der Waals surface area contributed by atoms with Crippen LogP contribution in [0.5, 0.6) is 0 Å². The van der Waals surface area contributed by atoms with Crippen molar-refractivity contribution in [2.75, 3.05) is 19.8 Å². The summed E-state index contributed by atoms with van der Waals surface area (Å²) in [4.78, 5) is 25.2. The van der Waals surface area contributed by atoms with Gasteiger partial charge in [0, 0.05) is 5.02 Å². The van der Waals surface area contributed by atoms with Gasteiger partial charge in [-0.05, 0) is 24.6 Å². The molecule has 0 radical (unpaired) electrons. The van der Waals surface area contributed by atoms with Crippen LogP contribution in [0.25, 0.3) is 0 Å². The highest BCUT2D eigenvalue weighted by atomic mass is 35.5. The first kappa shape index (κ1) is 17.6. The van der Waals surface area contributed by atoms with E-state index in [1.54, 1.807) is 24.3 Å². The first-order valence-corrected chi connectivity index (χ1v) is 7.06. The minimum atomic E-state index is -4.45. The number of imide groups is 1. The highest BCUT2D eigenvalue weighted by molar-refractivity contribution is 6.30. The lowest BCUT2D eigenvalue weighted by atomic mass is 9.92. The van der Waals surface area contributed by atoms with Crippen molar-refractivity contribution in [2.24, 2.45) is 0 Å². The summed E-state index contributed by atoms with van der Waals surface area (Å²) in [5.74, 6) is -0.555. The number of ether oxygens (including phenoxy) is 1. The molecule has 0 spiro atoms. The second-order valence-electron chi connectivity index (χ2n) is 5.19. The van der Waals surface area contributed by atoms with Gasteiger partial charge >= 0.3 is 12.2 Å². The molecule has 1 fully saturated rings. The number of nitrogens with one attached hydrogen (secondary N) is 1. The zero-order chi connectivity index (χ0) is 17.3. The van der Waals surface area contributed by atoms with Gasteiger partial charge in [-0.15, -0.1) is 0 Å². The quantitative estimate of drug-likeness (QED) is 0.656. The third-order valence-electron chi connectivity index (χ3n) is 3.42. The van der Waals surface area contributed by atoms with E-state index in [4.69, 9.17) is 11.6 Å². The smallest absolute Gasteiger partial charge is 0.370 e. The van der Waals surface area contributed by atoms with Crippen LogP contribution in [0.4, 0.5) is 18.0 Å². The zero-order valence-electron chi connectivity index (χ0n) is 12.1. The summed E-state index contributed by atoms with van der Waals surface area (Å²) in [6.07, 6.45) is -4.45. The van der Waals surface area contributed by atoms with Crippen molar-refractivity contribution in [3.8, 4) is 0 Å². The Morgan fingerprint density at radius 3 is 2.43 bits per heavy atom. The Morgan fingerprint density at radius 2 is 1.87 bits per heavy atom. The highest BCUT2D eigenvalue weighted by Crippen LogP contribution is 2.29. The second kappa shape index (κ2) is 6.37. The number of hydrogen-bond donors (Lipinski definition) is 1. The predicted molar refractivity (Wildman–Crippen MR) is 75.9 cm³/mol. The molecule has 23 heavy (non-hydrogen) atoms. The maximum Gasteiger partial charge on any atom is 0.411 e. The molecule has 1 aromatic rings. The Labute approximate surface area is 135 Å². The van der Waals surface area contributed by atoms with Crippen molar-refractivity contribution in [3.63, 3.8) is 0 Å². The van der Waals surface area contributed by atoms with Gasteiger partial charge in [0.15, 0.2) is 0 Å². The molecule has 0 bridgehead atoms. The lowest BCUT2D eigenvalue weighted by Crippen LogP contribution is -2.41. The van der Waals surface area contributed by atoms with Crippen molar-refractivity contribution < 1.29 is 27.5 Å². The van der Waals surface area contributed by atoms with Gasteiger partial charge in [0.25, 0.3) is 5.91 Å². The molecule has 0 aliphatic carbocycles. The number of nitrogens with zero attached hydrogens (tertiary/aromatic N) is 1. The fourth-order valence-corrected chi connectivity index (χ4v) is 2.35. The highest BCUT2D eigenvalue weighted by Gasteiger charge is 2.48. The van der Waals surface area contributed by atoms with Crippen LogP contribution >= 0.6 is 11.6 Å². The SMILES string of the molecule is CC1(c2ccc(Cl)cc2)NC(=O)N(CCOCC(F)(F)F)C1=O. The molecule has 1 atom stereocenters. The average Bonchev–Trinajstić information content (AvgIpc) is 2.66. The van der Waals surface area contributed by atoms with Crippen molar-refractivity contribution in [2.45, 2.75) is 18.6 Å². The predicted octanol–water partition coefficient (Wildman–Crippen LogP) is 2.69. The molecule has 9 heteroatoms. The molecule has 1 saturated heterocycles. The topological polar surface area (TPSA) is 58.6 Å². The molecule has 5 nitrogen and oxygen atoms in total. The van der Waals surface area contributed by atoms with Gasteiger partial charge in [-0.3, -0.25) is 9.69 Å². The first-order chi connectivity index (χ1) is 10.6. The zero-order valence-corrected chi connectivity index (χ0v) is 12.9. The number of carbonyl (C=O) groups is 2. The van der Waals surface area contributed by atoms with Crippen LogP contribution in [-0.4, -0.2) is 42.8 Å². The van der Waals surface area contributed by atoms with Gasteiger partial charge in [0.1, 0.15) is 12.1 Å². The standard InChI is InChI=1S/C14H14ClF3N2O3/c1-13(9-2-4-10(15)5-3-9)11(21)20(12(22)19-13)6-7-23-8-14(16,17)18/h2-5H,6-8H2,1H3,(H,19,22). The number of hydrogen-bond acceptors (Lipinski definition) is 3. The van der Waals surface area contributed by atoms with E-state index in [2.05, 4.69) is 10.1 Å². The lowest BCUT2D eigenvalue weighted by molar-refractivity contribution is -0.174. The molecule has 0 saturated carbocycles. The fraction of sp³-hybridized carbons (Fsp3) is 0.429. The Bertz CT molecular complexity index is 606. The number of amides is 3. The molecular formula is C14H14ClF3N2O3. The minimum absolute atomic E-state index is 0.260. The number of carbonyl (C=O) groups excluding carboxylic acids is 2. The van der Waals surface area contributed by atoms with E-state index in [1.165, 1.54) is 6.92 Å². The molecule has 126 valence electrons. The van der Waals surface area contributed by atoms with Crippen LogP contribution in [0.2, 0.25) is 5.02 Å². The molecule has 2 rings (SSSR count). The summed E-state index contributed by atoms with van der Waals surface area (Å²) in [5.41, 5.74) is -0.759. The van der Waals surface area contributed by atoms with E-state index in [0.717, 1.165) is 4.90 Å². The summed E-state index contributed by atoms with van der Waals surface area (Å²) < 4.78 is 40.4. The molecular weight excluding hydrogens is 337 g/mol. The molecule has 3 amide bonds. The van der Waals surface area contributed by atoms with Crippen molar-refractivity contribution in [1.29, 1.82) is 0 Å². The van der Waals surface area contributed by atoms with Gasteiger partial charge in [-0.1, -0.05) is 23.7 Å². The summed E-state index contributed by atoms with van der Waals surface area (Å²) in [7, 11) is 0. The monoisotopic (exact) mass is 350 g/mol. The third-order valence-corrected chi connectivity index (χ3v) is 3.67. The number of alkyl halides is 3. The molecule has 1 aliphatic rings. The number of rotatable bonds is 5. The molecule has 0 aromatic heterocycles. The summed E-state index contributed by atoms with van der Waals surface area (Å²) >= 11 is 5.79. The van der Waals surface area contributed by atoms with Crippen LogP contribution < -0.4 is 5.32 Å². The lowest BCUT2D eigenvalue weighted by Gasteiger charge is -2.22. The van der Waals surface area contributed by atoms with Crippen LogP contribution in [0.15, 0.2) is 24.3 Å². The number of halogens is 4. The Kier molecular flexibility index (Phi) is 4.86. The summed E-state index contributed by atoms with van der Waals surface area (Å²) in [5, 5.41) is 3.02. The Hall–Kier alpha value is -1.80. The molecule has 1 aliphatic heterocycles. The van der Waals surface area contributed by atoms with Crippen LogP contribution in [0.1, 0.15) is 12.5 Å². The maximum absolute atomic E-state index is 12.4. The third kappa shape index (κ3) is 3.94. The van der Waals surface area contributed by atoms with E-state index in [0.29, 0.717) is 10.6 Å². The molecule has 1 unspecified atom stereocenters. The largest absolute Gasteiger partial charge is 0.411 e. The van der Waals surface area contributed by atoms with Gasteiger partial charge in [0.05, 0.1) is 13.2 Å². The minimum Gasteiger partial charge on any atom is -0.370 e. The number of benzene rings is 1. The molecule has 1 heterocycles. The second-order valence-corrected chi connectivity index (χ2v) is 5.62. The van der Waals surface area contributed by atoms with E-state index < -0.39 is 36.9 Å². The normalized spacial score (nSPS) is 21.7. The molecule has 1 N–H and O–H groups in total. The number of urea groups is 1. The van der Waals surface area contributed by atoms with Crippen LogP contribution in [0.3, 0.4) is 0 Å². The molecule has 1 aromatic carbocycles. The van der Waals surface area contributed by atoms with E-state index in [-0.39, 0.29) is 6.54 Å². The van der Waals surface area contributed by atoms with Gasteiger partial charge in [0.2, 0.25) is 0 Å². The fourth-order valence-electron chi connectivity index (χ4n) is 2.22. The average molecular weight is 351 g/mol. The summed E-state index contributed by atoms with van der Waals surface area (Å²) in [6, 6.07) is 5.69. The van der Waals surface area contributed by atoms with Crippen molar-refractivity contribution in [3.05, 3.63) is 34.9 Å². The van der Waals surface area contributed by atoms with Gasteiger partial charge < -0.3 is 10.1 Å². The Morgan fingerprint density at radius 1 is 1.26 bits per heavy atom. The first-order valence-electron chi connectivity index (χ1n) is 6.68. The van der Waals surface area contributed by atoms with Crippen molar-refractivity contribution >= 4 is 23.5 Å². The van der Waals surface area contributed by atoms with Crippen LogP contribution in [-0.2, 0) is 15.1 Å².